The molecule has 0 saturated heterocycles. The van der Waals surface area contributed by atoms with E-state index >= 15 is 0 Å². The van der Waals surface area contributed by atoms with Crippen LogP contribution in [-0.4, -0.2) is 16.0 Å². The van der Waals surface area contributed by atoms with E-state index in [1.54, 1.807) is 6.92 Å². The highest BCUT2D eigenvalue weighted by atomic mass is 16.5. The fraction of sp³-hybridized carbons (Fsp3) is 0.438. The number of aromatic nitrogens is 2. The van der Waals surface area contributed by atoms with Crippen molar-refractivity contribution < 1.29 is 9.32 Å². The molecule has 0 radical (unpaired) electrons. The van der Waals surface area contributed by atoms with Crippen LogP contribution in [0.25, 0.3) is 11.4 Å². The summed E-state index contributed by atoms with van der Waals surface area (Å²) in [7, 11) is 0. The van der Waals surface area contributed by atoms with Gasteiger partial charge in [-0.25, -0.2) is 0 Å². The number of amides is 1. The Hall–Kier alpha value is -2.17. The third-order valence-corrected chi connectivity index (χ3v) is 3.70. The predicted molar refractivity (Wildman–Crippen MR) is 80.4 cm³/mol. The van der Waals surface area contributed by atoms with Crippen molar-refractivity contribution in [2.24, 2.45) is 11.7 Å². The lowest BCUT2D eigenvalue weighted by molar-refractivity contribution is -0.124. The predicted octanol–water partition coefficient (Wildman–Crippen LogP) is 2.92. The van der Waals surface area contributed by atoms with Crippen molar-refractivity contribution in [3.63, 3.8) is 0 Å². The Balaban J connectivity index is 2.30. The number of rotatable bonds is 6. The van der Waals surface area contributed by atoms with Gasteiger partial charge in [0.25, 0.3) is 0 Å². The second-order valence-corrected chi connectivity index (χ2v) is 5.92. The molecule has 1 aromatic heterocycles. The van der Waals surface area contributed by atoms with Crippen LogP contribution in [-0.2, 0) is 10.2 Å². The van der Waals surface area contributed by atoms with Gasteiger partial charge in [0.2, 0.25) is 17.6 Å². The SMILES string of the molecule is CC(C)CCC(C)(C(N)=O)c1nc(-c2ccccc2)no1. The molecule has 2 rings (SSSR count). The van der Waals surface area contributed by atoms with Gasteiger partial charge in [-0.2, -0.15) is 4.98 Å². The molecule has 0 fully saturated rings. The number of carbonyl (C=O) groups is 1. The lowest BCUT2D eigenvalue weighted by Gasteiger charge is -2.22. The summed E-state index contributed by atoms with van der Waals surface area (Å²) in [5, 5.41) is 3.97. The third kappa shape index (κ3) is 3.29. The molecule has 1 aromatic carbocycles. The largest absolute Gasteiger partial charge is 0.369 e. The number of nitrogens with zero attached hydrogens (tertiary/aromatic N) is 2. The molecule has 1 atom stereocenters. The normalized spacial score (nSPS) is 14.1. The Morgan fingerprint density at radius 3 is 2.57 bits per heavy atom. The van der Waals surface area contributed by atoms with E-state index in [1.807, 2.05) is 30.3 Å². The van der Waals surface area contributed by atoms with E-state index in [-0.39, 0.29) is 5.89 Å². The van der Waals surface area contributed by atoms with E-state index in [0.29, 0.717) is 18.2 Å². The summed E-state index contributed by atoms with van der Waals surface area (Å²) in [4.78, 5) is 16.2. The third-order valence-electron chi connectivity index (χ3n) is 3.70. The zero-order chi connectivity index (χ0) is 15.5. The van der Waals surface area contributed by atoms with Gasteiger partial charge in [0, 0.05) is 5.56 Å². The van der Waals surface area contributed by atoms with E-state index < -0.39 is 11.3 Å². The van der Waals surface area contributed by atoms with Gasteiger partial charge in [-0.15, -0.1) is 0 Å². The molecular formula is C16H21N3O2. The van der Waals surface area contributed by atoms with Crippen molar-refractivity contribution >= 4 is 5.91 Å². The smallest absolute Gasteiger partial charge is 0.242 e. The lowest BCUT2D eigenvalue weighted by atomic mass is 9.82. The van der Waals surface area contributed by atoms with Gasteiger partial charge in [0.05, 0.1) is 0 Å². The number of nitrogens with two attached hydrogens (primary N) is 1. The Morgan fingerprint density at radius 2 is 2.00 bits per heavy atom. The quantitative estimate of drug-likeness (QED) is 0.885. The summed E-state index contributed by atoms with van der Waals surface area (Å²) in [6, 6.07) is 9.50. The highest BCUT2D eigenvalue weighted by Crippen LogP contribution is 2.30. The van der Waals surface area contributed by atoms with Crippen LogP contribution in [0.4, 0.5) is 0 Å². The Bertz CT molecular complexity index is 607. The molecule has 1 heterocycles. The van der Waals surface area contributed by atoms with Crippen molar-refractivity contribution in [1.82, 2.24) is 10.1 Å². The van der Waals surface area contributed by atoms with Crippen LogP contribution < -0.4 is 5.73 Å². The summed E-state index contributed by atoms with van der Waals surface area (Å²) in [6.07, 6.45) is 1.46. The molecule has 5 nitrogen and oxygen atoms in total. The maximum absolute atomic E-state index is 11.9. The maximum atomic E-state index is 11.9. The van der Waals surface area contributed by atoms with Crippen LogP contribution in [0.15, 0.2) is 34.9 Å². The molecule has 112 valence electrons. The lowest BCUT2D eigenvalue weighted by Crippen LogP contribution is -2.39. The number of hydrogen-bond acceptors (Lipinski definition) is 4. The number of benzene rings is 1. The molecule has 0 aliphatic carbocycles. The van der Waals surface area contributed by atoms with Crippen molar-refractivity contribution in [2.75, 3.05) is 0 Å². The molecular weight excluding hydrogens is 266 g/mol. The molecule has 1 amide bonds. The molecule has 1 unspecified atom stereocenters. The molecule has 2 N–H and O–H groups in total. The summed E-state index contributed by atoms with van der Waals surface area (Å²) >= 11 is 0. The summed E-state index contributed by atoms with van der Waals surface area (Å²) < 4.78 is 5.32. The van der Waals surface area contributed by atoms with Gasteiger partial charge in [0.15, 0.2) is 0 Å². The minimum Gasteiger partial charge on any atom is -0.369 e. The van der Waals surface area contributed by atoms with Crippen molar-refractivity contribution in [3.8, 4) is 11.4 Å². The Labute approximate surface area is 124 Å². The first-order valence-electron chi connectivity index (χ1n) is 7.13. The first-order chi connectivity index (χ1) is 9.93. The van der Waals surface area contributed by atoms with E-state index in [1.165, 1.54) is 0 Å². The molecule has 21 heavy (non-hydrogen) atoms. The zero-order valence-electron chi connectivity index (χ0n) is 12.7. The first kappa shape index (κ1) is 15.2. The van der Waals surface area contributed by atoms with Gasteiger partial charge in [-0.1, -0.05) is 49.3 Å². The van der Waals surface area contributed by atoms with Crippen LogP contribution in [0.5, 0.6) is 0 Å². The zero-order valence-corrected chi connectivity index (χ0v) is 12.7. The highest BCUT2D eigenvalue weighted by molar-refractivity contribution is 5.85. The second-order valence-electron chi connectivity index (χ2n) is 5.92. The minimum absolute atomic E-state index is 0.287. The van der Waals surface area contributed by atoms with Crippen LogP contribution in [0.1, 0.15) is 39.5 Å². The molecule has 0 saturated carbocycles. The topological polar surface area (TPSA) is 82.0 Å². The summed E-state index contributed by atoms with van der Waals surface area (Å²) in [5.74, 6) is 0.795. The van der Waals surface area contributed by atoms with E-state index in [9.17, 15) is 4.79 Å². The van der Waals surface area contributed by atoms with Crippen LogP contribution >= 0.6 is 0 Å². The van der Waals surface area contributed by atoms with E-state index in [2.05, 4.69) is 24.0 Å². The molecule has 5 heteroatoms. The second kappa shape index (κ2) is 6.08. The fourth-order valence-corrected chi connectivity index (χ4v) is 2.06. The van der Waals surface area contributed by atoms with Crippen molar-refractivity contribution in [2.45, 2.75) is 39.0 Å². The average molecular weight is 287 g/mol. The van der Waals surface area contributed by atoms with Gasteiger partial charge in [-0.05, 0) is 25.7 Å². The fourth-order valence-electron chi connectivity index (χ4n) is 2.06. The maximum Gasteiger partial charge on any atom is 0.242 e. The van der Waals surface area contributed by atoms with Gasteiger partial charge in [-0.3, -0.25) is 4.79 Å². The summed E-state index contributed by atoms with van der Waals surface area (Å²) in [6.45, 7) is 5.97. The van der Waals surface area contributed by atoms with Crippen LogP contribution in [0, 0.1) is 5.92 Å². The number of hydrogen-bond donors (Lipinski definition) is 1. The molecule has 0 aliphatic rings. The Morgan fingerprint density at radius 1 is 1.33 bits per heavy atom. The van der Waals surface area contributed by atoms with Gasteiger partial charge in [0.1, 0.15) is 5.41 Å². The average Bonchev–Trinajstić information content (AvgIpc) is 2.95. The van der Waals surface area contributed by atoms with Crippen LogP contribution in [0.2, 0.25) is 0 Å². The van der Waals surface area contributed by atoms with Gasteiger partial charge < -0.3 is 10.3 Å². The van der Waals surface area contributed by atoms with E-state index in [4.69, 9.17) is 10.3 Å². The molecule has 0 spiro atoms. The number of carbonyl (C=O) groups excluding carboxylic acids is 1. The first-order valence-corrected chi connectivity index (χ1v) is 7.13. The van der Waals surface area contributed by atoms with Crippen molar-refractivity contribution in [1.29, 1.82) is 0 Å². The highest BCUT2D eigenvalue weighted by Gasteiger charge is 2.39. The Kier molecular flexibility index (Phi) is 4.40. The van der Waals surface area contributed by atoms with E-state index in [0.717, 1.165) is 12.0 Å². The molecule has 2 aromatic rings. The number of primary amides is 1. The summed E-state index contributed by atoms with van der Waals surface area (Å²) in [5.41, 5.74) is 5.49. The van der Waals surface area contributed by atoms with Gasteiger partial charge >= 0.3 is 0 Å². The van der Waals surface area contributed by atoms with Crippen LogP contribution in [0.3, 0.4) is 0 Å². The molecule has 0 bridgehead atoms. The monoisotopic (exact) mass is 287 g/mol. The van der Waals surface area contributed by atoms with Crippen molar-refractivity contribution in [3.05, 3.63) is 36.2 Å². The molecule has 0 aliphatic heterocycles. The minimum atomic E-state index is -0.926. The standard InChI is InChI=1S/C16H21N3O2/c1-11(2)9-10-16(3,14(17)20)15-18-13(19-21-15)12-7-5-4-6-8-12/h4-8,11H,9-10H2,1-3H3,(H2,17,20).